The molecule has 1 aliphatic carbocycles. The summed E-state index contributed by atoms with van der Waals surface area (Å²) in [5.74, 6) is -0.0623. The van der Waals surface area contributed by atoms with Crippen LogP contribution in [0.4, 0.5) is 9.59 Å². The van der Waals surface area contributed by atoms with E-state index in [-0.39, 0.29) is 24.8 Å². The number of benzene rings is 1. The molecule has 2 N–H and O–H groups in total. The average molecular weight is 455 g/mol. The Morgan fingerprint density at radius 2 is 1.81 bits per heavy atom. The second-order valence-electron chi connectivity index (χ2n) is 9.16. The molecule has 0 heterocycles. The second kappa shape index (κ2) is 9.89. The standard InChI is InChI=1S/C22H34N2O6S/c1-6-31(27,28)18-14-17(23-19(25)30-21(2,3)4)12-13-22(18,5)24-20(26)29-15-16-10-8-7-9-11-16/h7-11,17-18H,6,12-15H2,1-5H3,(H,23,25)(H,24,26)/t17-,18-,22+/m1/s1. The second-order valence-corrected chi connectivity index (χ2v) is 11.6. The maximum absolute atomic E-state index is 12.9. The summed E-state index contributed by atoms with van der Waals surface area (Å²) in [6.45, 7) is 8.68. The van der Waals surface area contributed by atoms with Gasteiger partial charge in [-0.05, 0) is 52.5 Å². The summed E-state index contributed by atoms with van der Waals surface area (Å²) in [5.41, 5.74) is -0.813. The van der Waals surface area contributed by atoms with Crippen LogP contribution in [0.2, 0.25) is 0 Å². The van der Waals surface area contributed by atoms with Gasteiger partial charge >= 0.3 is 12.2 Å². The Hall–Kier alpha value is -2.29. The molecule has 9 heteroatoms. The van der Waals surface area contributed by atoms with Gasteiger partial charge in [0.1, 0.15) is 12.2 Å². The van der Waals surface area contributed by atoms with E-state index >= 15 is 0 Å². The predicted molar refractivity (Wildman–Crippen MR) is 118 cm³/mol. The number of ether oxygens (including phenoxy) is 2. The van der Waals surface area contributed by atoms with Gasteiger partial charge in [-0.15, -0.1) is 0 Å². The van der Waals surface area contributed by atoms with E-state index in [0.717, 1.165) is 5.56 Å². The molecule has 1 fully saturated rings. The number of carbonyl (C=O) groups excluding carboxylic acids is 2. The first-order valence-electron chi connectivity index (χ1n) is 10.5. The van der Waals surface area contributed by atoms with Gasteiger partial charge in [-0.3, -0.25) is 0 Å². The fourth-order valence-electron chi connectivity index (χ4n) is 3.76. The minimum Gasteiger partial charge on any atom is -0.445 e. The van der Waals surface area contributed by atoms with E-state index in [1.54, 1.807) is 34.6 Å². The quantitative estimate of drug-likeness (QED) is 0.680. The summed E-state index contributed by atoms with van der Waals surface area (Å²) in [5, 5.41) is 4.70. The van der Waals surface area contributed by atoms with E-state index in [9.17, 15) is 18.0 Å². The number of alkyl carbamates (subject to hydrolysis) is 2. The van der Waals surface area contributed by atoms with Crippen molar-refractivity contribution in [1.29, 1.82) is 0 Å². The Balaban J connectivity index is 2.07. The number of rotatable bonds is 6. The molecule has 31 heavy (non-hydrogen) atoms. The molecule has 8 nitrogen and oxygen atoms in total. The molecule has 0 aliphatic heterocycles. The van der Waals surface area contributed by atoms with Crippen molar-refractivity contribution in [2.24, 2.45) is 0 Å². The normalized spacial score (nSPS) is 24.2. The van der Waals surface area contributed by atoms with Crippen LogP contribution >= 0.6 is 0 Å². The molecule has 2 amide bonds. The van der Waals surface area contributed by atoms with E-state index in [4.69, 9.17) is 9.47 Å². The van der Waals surface area contributed by atoms with Crippen molar-refractivity contribution in [2.45, 2.75) is 82.9 Å². The molecule has 0 spiro atoms. The van der Waals surface area contributed by atoms with Crippen LogP contribution in [0.25, 0.3) is 0 Å². The maximum Gasteiger partial charge on any atom is 0.407 e. The van der Waals surface area contributed by atoms with E-state index in [1.165, 1.54) is 0 Å². The van der Waals surface area contributed by atoms with Gasteiger partial charge < -0.3 is 20.1 Å². The van der Waals surface area contributed by atoms with Crippen molar-refractivity contribution in [3.8, 4) is 0 Å². The van der Waals surface area contributed by atoms with Crippen LogP contribution in [0.1, 0.15) is 59.4 Å². The van der Waals surface area contributed by atoms with Crippen LogP contribution < -0.4 is 10.6 Å². The third-order valence-electron chi connectivity index (χ3n) is 5.38. The van der Waals surface area contributed by atoms with Crippen molar-refractivity contribution in [1.82, 2.24) is 10.6 Å². The van der Waals surface area contributed by atoms with Gasteiger partial charge in [-0.25, -0.2) is 18.0 Å². The summed E-state index contributed by atoms with van der Waals surface area (Å²) >= 11 is 0. The molecular formula is C22H34N2O6S. The van der Waals surface area contributed by atoms with Crippen molar-refractivity contribution >= 4 is 22.0 Å². The lowest BCUT2D eigenvalue weighted by atomic mass is 9.80. The topological polar surface area (TPSA) is 111 Å². The van der Waals surface area contributed by atoms with E-state index in [2.05, 4.69) is 10.6 Å². The van der Waals surface area contributed by atoms with Gasteiger partial charge in [-0.1, -0.05) is 37.3 Å². The van der Waals surface area contributed by atoms with Gasteiger partial charge in [-0.2, -0.15) is 0 Å². The Kier molecular flexibility index (Phi) is 7.97. The van der Waals surface area contributed by atoms with E-state index in [1.807, 2.05) is 30.3 Å². The largest absolute Gasteiger partial charge is 0.445 e. The van der Waals surface area contributed by atoms with Gasteiger partial charge in [0.2, 0.25) is 0 Å². The zero-order valence-corrected chi connectivity index (χ0v) is 19.8. The minimum atomic E-state index is -3.51. The highest BCUT2D eigenvalue weighted by Gasteiger charge is 2.48. The number of sulfone groups is 1. The molecule has 0 saturated heterocycles. The van der Waals surface area contributed by atoms with Crippen molar-refractivity contribution in [2.75, 3.05) is 5.75 Å². The molecule has 174 valence electrons. The molecule has 0 unspecified atom stereocenters. The van der Waals surface area contributed by atoms with Crippen LogP contribution in [-0.2, 0) is 25.9 Å². The molecule has 3 atom stereocenters. The highest BCUT2D eigenvalue weighted by Crippen LogP contribution is 2.34. The van der Waals surface area contributed by atoms with Crippen LogP contribution in [0.5, 0.6) is 0 Å². The summed E-state index contributed by atoms with van der Waals surface area (Å²) in [6, 6.07) is 8.88. The van der Waals surface area contributed by atoms with E-state index < -0.39 is 38.4 Å². The lowest BCUT2D eigenvalue weighted by Gasteiger charge is -2.44. The number of nitrogens with one attached hydrogen (secondary N) is 2. The highest BCUT2D eigenvalue weighted by atomic mass is 32.2. The zero-order valence-electron chi connectivity index (χ0n) is 18.9. The average Bonchev–Trinajstić information content (AvgIpc) is 2.67. The molecular weight excluding hydrogens is 420 g/mol. The summed E-state index contributed by atoms with van der Waals surface area (Å²) < 4.78 is 36.3. The molecule has 0 bridgehead atoms. The van der Waals surface area contributed by atoms with Gasteiger partial charge in [0, 0.05) is 11.8 Å². The monoisotopic (exact) mass is 454 g/mol. The fraction of sp³-hybridized carbons (Fsp3) is 0.636. The van der Waals surface area contributed by atoms with Crippen LogP contribution in [-0.4, -0.2) is 48.8 Å². The first-order chi connectivity index (χ1) is 14.3. The van der Waals surface area contributed by atoms with Gasteiger partial charge in [0.15, 0.2) is 9.84 Å². The molecule has 1 aromatic carbocycles. The Morgan fingerprint density at radius 1 is 1.16 bits per heavy atom. The number of hydrogen-bond donors (Lipinski definition) is 2. The van der Waals surface area contributed by atoms with Crippen LogP contribution in [0, 0.1) is 0 Å². The van der Waals surface area contributed by atoms with Gasteiger partial charge in [0.25, 0.3) is 0 Å². The first kappa shape index (κ1) is 25.0. The smallest absolute Gasteiger partial charge is 0.407 e. The lowest BCUT2D eigenvalue weighted by Crippen LogP contribution is -2.62. The fourth-order valence-corrected chi connectivity index (χ4v) is 5.65. The Bertz CT molecular complexity index is 866. The van der Waals surface area contributed by atoms with Crippen molar-refractivity contribution in [3.63, 3.8) is 0 Å². The van der Waals surface area contributed by atoms with Gasteiger partial charge in [0.05, 0.1) is 10.8 Å². The Morgan fingerprint density at radius 3 is 2.39 bits per heavy atom. The molecule has 1 aliphatic rings. The van der Waals surface area contributed by atoms with Crippen LogP contribution in [0.3, 0.4) is 0 Å². The molecule has 1 saturated carbocycles. The minimum absolute atomic E-state index is 0.0623. The van der Waals surface area contributed by atoms with Crippen LogP contribution in [0.15, 0.2) is 30.3 Å². The number of amides is 2. The summed E-state index contributed by atoms with van der Waals surface area (Å²) in [7, 11) is -3.51. The lowest BCUT2D eigenvalue weighted by molar-refractivity contribution is 0.0478. The first-order valence-corrected chi connectivity index (χ1v) is 12.3. The highest BCUT2D eigenvalue weighted by molar-refractivity contribution is 7.92. The molecule has 0 aromatic heterocycles. The Labute approximate surface area is 185 Å². The molecule has 0 radical (unpaired) electrons. The zero-order chi connectivity index (χ0) is 23.3. The third kappa shape index (κ3) is 7.41. The molecule has 2 rings (SSSR count). The molecule has 1 aromatic rings. The van der Waals surface area contributed by atoms with Crippen molar-refractivity contribution in [3.05, 3.63) is 35.9 Å². The third-order valence-corrected chi connectivity index (χ3v) is 7.76. The SMILES string of the molecule is CCS(=O)(=O)[C@@H]1C[C@H](NC(=O)OC(C)(C)C)CC[C@]1(C)NC(=O)OCc1ccccc1. The summed E-state index contributed by atoms with van der Waals surface area (Å²) in [4.78, 5) is 24.6. The number of hydrogen-bond acceptors (Lipinski definition) is 6. The summed E-state index contributed by atoms with van der Waals surface area (Å²) in [6.07, 6.45) is -0.183. The number of carbonyl (C=O) groups is 2. The van der Waals surface area contributed by atoms with E-state index in [0.29, 0.717) is 12.8 Å². The maximum atomic E-state index is 12.9. The predicted octanol–water partition coefficient (Wildman–Crippen LogP) is 3.55. The van der Waals surface area contributed by atoms with Crippen molar-refractivity contribution < 1.29 is 27.5 Å².